The minimum atomic E-state index is -2.71. The van der Waals surface area contributed by atoms with Gasteiger partial charge in [0.15, 0.2) is 11.5 Å². The van der Waals surface area contributed by atoms with Crippen molar-refractivity contribution in [2.24, 2.45) is 5.73 Å². The molecule has 0 heterocycles. The minimum Gasteiger partial charge on any atom is -0.504 e. The highest BCUT2D eigenvalue weighted by molar-refractivity contribution is 5.46. The van der Waals surface area contributed by atoms with Gasteiger partial charge >= 0.3 is 0 Å². The maximum atomic E-state index is 12.3. The maximum Gasteiger partial charge on any atom is 0.257 e. The Morgan fingerprint density at radius 1 is 1.43 bits per heavy atom. The Kier molecular flexibility index (Phi) is 3.24. The average molecular weight is 203 g/mol. The zero-order valence-electron chi connectivity index (χ0n) is 7.58. The smallest absolute Gasteiger partial charge is 0.257 e. The number of ether oxygens (including phenoxy) is 1. The van der Waals surface area contributed by atoms with Gasteiger partial charge in [-0.1, -0.05) is 12.1 Å². The number of alkyl halides is 2. The van der Waals surface area contributed by atoms with Crippen molar-refractivity contribution in [1.82, 2.24) is 0 Å². The first-order valence-electron chi connectivity index (χ1n) is 3.97. The third kappa shape index (κ3) is 1.93. The second-order valence-electron chi connectivity index (χ2n) is 2.76. The Morgan fingerprint density at radius 3 is 2.57 bits per heavy atom. The lowest BCUT2D eigenvalue weighted by Gasteiger charge is -2.14. The largest absolute Gasteiger partial charge is 0.504 e. The van der Waals surface area contributed by atoms with E-state index in [1.165, 1.54) is 25.3 Å². The normalized spacial score (nSPS) is 12.9. The van der Waals surface area contributed by atoms with Crippen LogP contribution in [0.25, 0.3) is 0 Å². The molecule has 3 N–H and O–H groups in total. The fraction of sp³-hybridized carbons (Fsp3) is 0.333. The molecule has 0 bridgehead atoms. The second-order valence-corrected chi connectivity index (χ2v) is 2.76. The molecule has 0 spiro atoms. The Bertz CT molecular complexity index is 318. The number of nitrogens with two attached hydrogens (primary N) is 1. The molecular weight excluding hydrogens is 192 g/mol. The molecule has 0 radical (unpaired) electrons. The van der Waals surface area contributed by atoms with Crippen molar-refractivity contribution in [3.63, 3.8) is 0 Å². The molecule has 0 aromatic heterocycles. The van der Waals surface area contributed by atoms with Crippen LogP contribution < -0.4 is 10.5 Å². The Morgan fingerprint density at radius 2 is 2.07 bits per heavy atom. The Hall–Kier alpha value is -1.36. The molecule has 0 unspecified atom stereocenters. The summed E-state index contributed by atoms with van der Waals surface area (Å²) >= 11 is 0. The summed E-state index contributed by atoms with van der Waals surface area (Å²) in [6.45, 7) is 0. The number of phenols is 1. The van der Waals surface area contributed by atoms with Gasteiger partial charge in [0.05, 0.1) is 13.2 Å². The Balaban J connectivity index is 3.09. The lowest BCUT2D eigenvalue weighted by atomic mass is 10.1. The summed E-state index contributed by atoms with van der Waals surface area (Å²) in [5.74, 6) is -0.193. The lowest BCUT2D eigenvalue weighted by molar-refractivity contribution is 0.115. The molecule has 1 atom stereocenters. The predicted octanol–water partition coefficient (Wildman–Crippen LogP) is 1.67. The predicted molar refractivity (Wildman–Crippen MR) is 47.6 cm³/mol. The molecule has 0 amide bonds. The van der Waals surface area contributed by atoms with Crippen molar-refractivity contribution in [1.29, 1.82) is 0 Å². The third-order valence-electron chi connectivity index (χ3n) is 1.88. The number of methoxy groups -OCH3 is 1. The summed E-state index contributed by atoms with van der Waals surface area (Å²) in [6, 6.07) is 2.81. The van der Waals surface area contributed by atoms with Gasteiger partial charge in [0, 0.05) is 5.56 Å². The number of para-hydroxylation sites is 1. The monoisotopic (exact) mass is 203 g/mol. The van der Waals surface area contributed by atoms with Gasteiger partial charge in [0.25, 0.3) is 6.43 Å². The van der Waals surface area contributed by atoms with Crippen LogP contribution in [0.4, 0.5) is 8.78 Å². The highest BCUT2D eigenvalue weighted by Crippen LogP contribution is 2.34. The van der Waals surface area contributed by atoms with Gasteiger partial charge in [-0.2, -0.15) is 0 Å². The fourth-order valence-electron chi connectivity index (χ4n) is 1.11. The summed E-state index contributed by atoms with van der Waals surface area (Å²) in [4.78, 5) is 0. The van der Waals surface area contributed by atoms with E-state index >= 15 is 0 Å². The van der Waals surface area contributed by atoms with Crippen molar-refractivity contribution in [2.45, 2.75) is 12.5 Å². The van der Waals surface area contributed by atoms with Gasteiger partial charge in [-0.05, 0) is 6.07 Å². The van der Waals surface area contributed by atoms with Crippen LogP contribution in [0.15, 0.2) is 18.2 Å². The second kappa shape index (κ2) is 4.23. The first kappa shape index (κ1) is 10.7. The number of hydrogen-bond donors (Lipinski definition) is 2. The molecule has 5 heteroatoms. The molecule has 0 aliphatic heterocycles. The highest BCUT2D eigenvalue weighted by Gasteiger charge is 2.22. The van der Waals surface area contributed by atoms with Gasteiger partial charge in [0.1, 0.15) is 0 Å². The minimum absolute atomic E-state index is 0.0145. The maximum absolute atomic E-state index is 12.3. The standard InChI is InChI=1S/C9H11F2NO2/c1-14-6-4-2-3-5(8(6)13)7(12)9(10)11/h2-4,7,9,13H,12H2,1H3/t7-/m0/s1. The molecule has 3 nitrogen and oxygen atoms in total. The van der Waals surface area contributed by atoms with Gasteiger partial charge in [-0.25, -0.2) is 8.78 Å². The first-order chi connectivity index (χ1) is 6.57. The molecule has 14 heavy (non-hydrogen) atoms. The first-order valence-corrected chi connectivity index (χ1v) is 3.97. The lowest BCUT2D eigenvalue weighted by Crippen LogP contribution is -2.19. The van der Waals surface area contributed by atoms with E-state index in [9.17, 15) is 13.9 Å². The van der Waals surface area contributed by atoms with Gasteiger partial charge < -0.3 is 15.6 Å². The van der Waals surface area contributed by atoms with Crippen molar-refractivity contribution in [3.8, 4) is 11.5 Å². The van der Waals surface area contributed by atoms with E-state index in [4.69, 9.17) is 10.5 Å². The van der Waals surface area contributed by atoms with Crippen LogP contribution in [-0.4, -0.2) is 18.6 Å². The molecule has 78 valence electrons. The SMILES string of the molecule is COc1cccc([C@H](N)C(F)F)c1O. The number of benzene rings is 1. The van der Waals surface area contributed by atoms with Crippen LogP contribution in [0.3, 0.4) is 0 Å². The third-order valence-corrected chi connectivity index (χ3v) is 1.88. The highest BCUT2D eigenvalue weighted by atomic mass is 19.3. The molecule has 1 rings (SSSR count). The van der Waals surface area contributed by atoms with Crippen LogP contribution >= 0.6 is 0 Å². The molecule has 1 aromatic carbocycles. The molecule has 0 saturated carbocycles. The molecule has 1 aromatic rings. The van der Waals surface area contributed by atoms with Crippen LogP contribution in [0.1, 0.15) is 11.6 Å². The fourth-order valence-corrected chi connectivity index (χ4v) is 1.11. The van der Waals surface area contributed by atoms with Crippen LogP contribution in [0, 0.1) is 0 Å². The number of aromatic hydroxyl groups is 1. The number of phenolic OH excluding ortho intramolecular Hbond substituents is 1. The molecule has 0 fully saturated rings. The van der Waals surface area contributed by atoms with E-state index in [-0.39, 0.29) is 17.1 Å². The van der Waals surface area contributed by atoms with Crippen molar-refractivity contribution < 1.29 is 18.6 Å². The summed E-state index contributed by atoms with van der Waals surface area (Å²) in [5.41, 5.74) is 5.18. The molecular formula is C9H11F2NO2. The Labute approximate surface area is 80.1 Å². The van der Waals surface area contributed by atoms with Crippen molar-refractivity contribution >= 4 is 0 Å². The topological polar surface area (TPSA) is 55.5 Å². The quantitative estimate of drug-likeness (QED) is 0.785. The van der Waals surface area contributed by atoms with E-state index in [0.29, 0.717) is 0 Å². The molecule has 0 aliphatic carbocycles. The van der Waals surface area contributed by atoms with Crippen LogP contribution in [0.2, 0.25) is 0 Å². The number of hydrogen-bond acceptors (Lipinski definition) is 3. The van der Waals surface area contributed by atoms with E-state index in [1.807, 2.05) is 0 Å². The van der Waals surface area contributed by atoms with Gasteiger partial charge in [0.2, 0.25) is 0 Å². The van der Waals surface area contributed by atoms with Crippen LogP contribution in [-0.2, 0) is 0 Å². The van der Waals surface area contributed by atoms with E-state index < -0.39 is 12.5 Å². The number of halogens is 2. The number of rotatable bonds is 3. The van der Waals surface area contributed by atoms with E-state index in [1.54, 1.807) is 0 Å². The summed E-state index contributed by atoms with van der Waals surface area (Å²) < 4.78 is 29.3. The molecule has 0 aliphatic rings. The van der Waals surface area contributed by atoms with Gasteiger partial charge in [-0.3, -0.25) is 0 Å². The van der Waals surface area contributed by atoms with E-state index in [0.717, 1.165) is 0 Å². The van der Waals surface area contributed by atoms with Crippen molar-refractivity contribution in [2.75, 3.05) is 7.11 Å². The van der Waals surface area contributed by atoms with Crippen LogP contribution in [0.5, 0.6) is 11.5 Å². The zero-order valence-corrected chi connectivity index (χ0v) is 7.58. The zero-order chi connectivity index (χ0) is 10.7. The summed E-state index contributed by atoms with van der Waals surface area (Å²) in [5, 5.41) is 9.47. The van der Waals surface area contributed by atoms with E-state index in [2.05, 4.69) is 0 Å². The van der Waals surface area contributed by atoms with Crippen molar-refractivity contribution in [3.05, 3.63) is 23.8 Å². The average Bonchev–Trinajstić information content (AvgIpc) is 2.17. The summed E-state index contributed by atoms with van der Waals surface area (Å²) in [6.07, 6.45) is -2.71. The molecule has 0 saturated heterocycles. The van der Waals surface area contributed by atoms with Gasteiger partial charge in [-0.15, -0.1) is 0 Å². The summed E-state index contributed by atoms with van der Waals surface area (Å²) in [7, 11) is 1.34.